The SMILES string of the molecule is Cc1ccccc1C1=CC2CC[C@@H]1CC2(CCN(C)CCCc1nc2ccccc2[nH]1)OC(=O)C(C)C. The summed E-state index contributed by atoms with van der Waals surface area (Å²) in [4.78, 5) is 23.4. The summed E-state index contributed by atoms with van der Waals surface area (Å²) in [7, 11) is 2.19. The van der Waals surface area contributed by atoms with Gasteiger partial charge in [0.1, 0.15) is 11.4 Å². The van der Waals surface area contributed by atoms with Crippen molar-refractivity contribution in [2.24, 2.45) is 17.8 Å². The van der Waals surface area contributed by atoms with E-state index in [4.69, 9.17) is 9.72 Å². The molecule has 2 aromatic carbocycles. The molecule has 0 radical (unpaired) electrons. The number of fused-ring (bicyclic) bond motifs is 3. The number of aryl methyl sites for hydroxylation is 2. The molecule has 5 nitrogen and oxygen atoms in total. The Hall–Kier alpha value is -2.92. The lowest BCUT2D eigenvalue weighted by Crippen LogP contribution is -2.51. The summed E-state index contributed by atoms with van der Waals surface area (Å²) in [6, 6.07) is 16.9. The molecule has 5 heteroatoms. The minimum atomic E-state index is -0.399. The van der Waals surface area contributed by atoms with Crippen LogP contribution < -0.4 is 0 Å². The average molecular weight is 500 g/mol. The number of aromatic amines is 1. The van der Waals surface area contributed by atoms with E-state index in [1.807, 2.05) is 26.0 Å². The van der Waals surface area contributed by atoms with Gasteiger partial charge in [0, 0.05) is 25.3 Å². The molecule has 1 heterocycles. The fourth-order valence-corrected chi connectivity index (χ4v) is 6.28. The van der Waals surface area contributed by atoms with Gasteiger partial charge in [0.2, 0.25) is 0 Å². The summed E-state index contributed by atoms with van der Waals surface area (Å²) >= 11 is 0. The molecule has 196 valence electrons. The van der Waals surface area contributed by atoms with E-state index in [-0.39, 0.29) is 17.8 Å². The van der Waals surface area contributed by atoms with Crippen LogP contribution >= 0.6 is 0 Å². The highest BCUT2D eigenvalue weighted by atomic mass is 16.6. The van der Waals surface area contributed by atoms with Crippen molar-refractivity contribution < 1.29 is 9.53 Å². The maximum absolute atomic E-state index is 12.9. The van der Waals surface area contributed by atoms with Crippen molar-refractivity contribution in [3.63, 3.8) is 0 Å². The average Bonchev–Trinajstić information content (AvgIpc) is 3.31. The Morgan fingerprint density at radius 2 is 1.92 bits per heavy atom. The number of aromatic nitrogens is 2. The summed E-state index contributed by atoms with van der Waals surface area (Å²) in [5.74, 6) is 1.60. The Kier molecular flexibility index (Phi) is 7.52. The summed E-state index contributed by atoms with van der Waals surface area (Å²) in [5, 5.41) is 0. The zero-order valence-corrected chi connectivity index (χ0v) is 22.8. The van der Waals surface area contributed by atoms with Crippen molar-refractivity contribution in [1.82, 2.24) is 14.9 Å². The van der Waals surface area contributed by atoms with Crippen LogP contribution in [-0.2, 0) is 16.0 Å². The number of esters is 1. The van der Waals surface area contributed by atoms with Crippen LogP contribution in [0.5, 0.6) is 0 Å². The smallest absolute Gasteiger partial charge is 0.308 e. The Balaban J connectivity index is 1.25. The van der Waals surface area contributed by atoms with Gasteiger partial charge in [-0.1, -0.05) is 56.3 Å². The van der Waals surface area contributed by atoms with Crippen LogP contribution in [0, 0.1) is 24.7 Å². The minimum Gasteiger partial charge on any atom is -0.458 e. The second kappa shape index (κ2) is 10.8. The predicted octanol–water partition coefficient (Wildman–Crippen LogP) is 6.58. The third-order valence-corrected chi connectivity index (χ3v) is 8.45. The number of ether oxygens (including phenoxy) is 1. The molecule has 3 aliphatic carbocycles. The van der Waals surface area contributed by atoms with Gasteiger partial charge in [0.05, 0.1) is 17.0 Å². The highest BCUT2D eigenvalue weighted by Gasteiger charge is 2.50. The van der Waals surface area contributed by atoms with Gasteiger partial charge in [-0.25, -0.2) is 4.98 Å². The first-order valence-corrected chi connectivity index (χ1v) is 14.0. The molecular weight excluding hydrogens is 458 g/mol. The number of benzene rings is 2. The summed E-state index contributed by atoms with van der Waals surface area (Å²) in [6.45, 7) is 7.99. The molecule has 3 atom stereocenters. The number of rotatable bonds is 10. The van der Waals surface area contributed by atoms with Gasteiger partial charge in [0.25, 0.3) is 0 Å². The van der Waals surface area contributed by atoms with Crippen LogP contribution in [0.25, 0.3) is 16.6 Å². The number of nitrogens with zero attached hydrogens (tertiary/aromatic N) is 2. The number of nitrogens with one attached hydrogen (secondary N) is 1. The number of hydrogen-bond donors (Lipinski definition) is 1. The first-order chi connectivity index (χ1) is 17.8. The summed E-state index contributed by atoms with van der Waals surface area (Å²) < 4.78 is 6.42. The van der Waals surface area contributed by atoms with Crippen molar-refractivity contribution in [1.29, 1.82) is 0 Å². The minimum absolute atomic E-state index is 0.0640. The van der Waals surface area contributed by atoms with E-state index in [9.17, 15) is 4.79 Å². The number of imidazole rings is 1. The molecule has 0 amide bonds. The Bertz CT molecular complexity index is 1240. The van der Waals surface area contributed by atoms with Crippen LogP contribution in [0.1, 0.15) is 62.9 Å². The second-order valence-corrected chi connectivity index (χ2v) is 11.5. The van der Waals surface area contributed by atoms with E-state index in [0.717, 1.165) is 62.1 Å². The molecule has 0 spiro atoms. The molecule has 1 saturated carbocycles. The molecule has 6 rings (SSSR count). The van der Waals surface area contributed by atoms with E-state index in [0.29, 0.717) is 5.92 Å². The quantitative estimate of drug-likeness (QED) is 0.320. The monoisotopic (exact) mass is 499 g/mol. The fraction of sp³-hybridized carbons (Fsp3) is 0.500. The van der Waals surface area contributed by atoms with E-state index in [1.54, 1.807) is 0 Å². The van der Waals surface area contributed by atoms with Gasteiger partial charge in [-0.15, -0.1) is 0 Å². The fourth-order valence-electron chi connectivity index (χ4n) is 6.28. The van der Waals surface area contributed by atoms with Gasteiger partial charge in [-0.3, -0.25) is 4.79 Å². The van der Waals surface area contributed by atoms with E-state index in [1.165, 1.54) is 23.1 Å². The largest absolute Gasteiger partial charge is 0.458 e. The van der Waals surface area contributed by atoms with Crippen molar-refractivity contribution in [2.45, 2.75) is 64.9 Å². The molecule has 0 saturated heterocycles. The molecule has 2 unspecified atom stereocenters. The van der Waals surface area contributed by atoms with Gasteiger partial charge in [0.15, 0.2) is 0 Å². The maximum atomic E-state index is 12.9. The van der Waals surface area contributed by atoms with Gasteiger partial charge >= 0.3 is 5.97 Å². The third kappa shape index (κ3) is 5.52. The normalized spacial score (nSPS) is 23.1. The summed E-state index contributed by atoms with van der Waals surface area (Å²) in [6.07, 6.45) is 8.52. The lowest BCUT2D eigenvalue weighted by molar-refractivity contribution is -0.176. The number of hydrogen-bond acceptors (Lipinski definition) is 4. The van der Waals surface area contributed by atoms with Crippen molar-refractivity contribution in [2.75, 3.05) is 20.1 Å². The van der Waals surface area contributed by atoms with E-state index < -0.39 is 5.60 Å². The van der Waals surface area contributed by atoms with Crippen molar-refractivity contribution in [3.8, 4) is 0 Å². The van der Waals surface area contributed by atoms with Gasteiger partial charge in [-0.05, 0) is 81.0 Å². The van der Waals surface area contributed by atoms with Crippen LogP contribution in [0.3, 0.4) is 0 Å². The predicted molar refractivity (Wildman–Crippen MR) is 150 cm³/mol. The van der Waals surface area contributed by atoms with Crippen LogP contribution in [0.4, 0.5) is 0 Å². The zero-order chi connectivity index (χ0) is 26.0. The van der Waals surface area contributed by atoms with Crippen molar-refractivity contribution in [3.05, 3.63) is 71.6 Å². The molecule has 37 heavy (non-hydrogen) atoms. The molecule has 2 bridgehead atoms. The summed E-state index contributed by atoms with van der Waals surface area (Å²) in [5.41, 5.74) is 5.89. The molecule has 3 aromatic rings. The molecule has 0 aliphatic heterocycles. The topological polar surface area (TPSA) is 58.2 Å². The molecule has 1 N–H and O–H groups in total. The Morgan fingerprint density at radius 1 is 1.14 bits per heavy atom. The molecular formula is C32H41N3O2. The number of carbonyl (C=O) groups excluding carboxylic acids is 1. The highest BCUT2D eigenvalue weighted by Crippen LogP contribution is 2.53. The first-order valence-electron chi connectivity index (χ1n) is 14.0. The molecule has 1 fully saturated rings. The van der Waals surface area contributed by atoms with E-state index in [2.05, 4.69) is 66.3 Å². The Labute approximate surface area is 221 Å². The lowest BCUT2D eigenvalue weighted by atomic mass is 9.60. The van der Waals surface area contributed by atoms with Crippen LogP contribution in [-0.4, -0.2) is 46.6 Å². The zero-order valence-electron chi connectivity index (χ0n) is 22.8. The lowest BCUT2D eigenvalue weighted by Gasteiger charge is -2.50. The third-order valence-electron chi connectivity index (χ3n) is 8.45. The second-order valence-electron chi connectivity index (χ2n) is 11.5. The van der Waals surface area contributed by atoms with Crippen molar-refractivity contribution >= 4 is 22.6 Å². The standard InChI is InChI=1S/C32H41N3O2/c1-22(2)31(36)37-32(21-24-15-16-25(32)20-27(24)26-11-6-5-10-23(26)3)17-19-35(4)18-9-14-30-33-28-12-7-8-13-29(28)34-30/h5-8,10-13,20,22,24-25H,9,14-19,21H2,1-4H3,(H,33,34)/t24-,25?,32?/m1/s1. The van der Waals surface area contributed by atoms with Crippen LogP contribution in [0.2, 0.25) is 0 Å². The highest BCUT2D eigenvalue weighted by molar-refractivity contribution is 5.75. The number of allylic oxidation sites excluding steroid dienone is 1. The van der Waals surface area contributed by atoms with E-state index >= 15 is 0 Å². The van der Waals surface area contributed by atoms with Gasteiger partial charge < -0.3 is 14.6 Å². The Morgan fingerprint density at radius 3 is 2.65 bits per heavy atom. The maximum Gasteiger partial charge on any atom is 0.308 e. The number of H-pyrrole nitrogens is 1. The number of carbonyl (C=O) groups is 1. The molecule has 1 aromatic heterocycles. The first kappa shape index (κ1) is 25.7. The van der Waals surface area contributed by atoms with Gasteiger partial charge in [-0.2, -0.15) is 0 Å². The van der Waals surface area contributed by atoms with Crippen LogP contribution in [0.15, 0.2) is 54.6 Å². The molecule has 3 aliphatic rings. The number of para-hydroxylation sites is 2.